The second-order valence-electron chi connectivity index (χ2n) is 8.15. The molecular weight excluding hydrogens is 498 g/mol. The van der Waals surface area contributed by atoms with Crippen LogP contribution in [0.25, 0.3) is 10.8 Å². The van der Waals surface area contributed by atoms with Crippen molar-refractivity contribution in [1.29, 1.82) is 0 Å². The van der Waals surface area contributed by atoms with Gasteiger partial charge in [0.1, 0.15) is 5.69 Å². The first-order chi connectivity index (χ1) is 16.3. The molecule has 168 valence electrons. The third kappa shape index (κ3) is 3.43. The van der Waals surface area contributed by atoms with Gasteiger partial charge < -0.3 is 5.32 Å². The van der Waals surface area contributed by atoms with Crippen molar-refractivity contribution in [2.45, 2.75) is 13.8 Å². The Kier molecular flexibility index (Phi) is 5.17. The van der Waals surface area contributed by atoms with E-state index in [2.05, 4.69) is 21.2 Å². The van der Waals surface area contributed by atoms with E-state index in [1.165, 1.54) is 6.07 Å². The number of carbonyl (C=O) groups excluding carboxylic acids is 2. The molecule has 0 saturated heterocycles. The molecular formula is C26H18BrN3O4. The number of carbonyl (C=O) groups is 2. The first-order valence-corrected chi connectivity index (χ1v) is 11.3. The summed E-state index contributed by atoms with van der Waals surface area (Å²) >= 11 is 3.38. The second-order valence-corrected chi connectivity index (χ2v) is 9.07. The summed E-state index contributed by atoms with van der Waals surface area (Å²) in [4.78, 5) is 39.7. The van der Waals surface area contributed by atoms with Crippen LogP contribution in [0.15, 0.2) is 71.2 Å². The Morgan fingerprint density at radius 2 is 1.59 bits per heavy atom. The summed E-state index contributed by atoms with van der Waals surface area (Å²) in [6, 6.07) is 18.8. The van der Waals surface area contributed by atoms with Crippen molar-refractivity contribution >= 4 is 61.3 Å². The number of rotatable bonds is 4. The maximum absolute atomic E-state index is 13.5. The highest BCUT2D eigenvalue weighted by Gasteiger charge is 2.37. The van der Waals surface area contributed by atoms with Crippen LogP contribution >= 0.6 is 15.9 Å². The van der Waals surface area contributed by atoms with Gasteiger partial charge in [-0.2, -0.15) is 0 Å². The van der Waals surface area contributed by atoms with Gasteiger partial charge in [-0.25, -0.2) is 4.90 Å². The molecule has 1 heterocycles. The lowest BCUT2D eigenvalue weighted by atomic mass is 9.91. The lowest BCUT2D eigenvalue weighted by molar-refractivity contribution is -0.383. The van der Waals surface area contributed by atoms with Crippen LogP contribution in [-0.2, 0) is 0 Å². The number of amides is 2. The standard InChI is InChI=1S/C26H18BrN3O4/c1-14-6-11-18(12-15(14)2)29-25(31)20-5-3-4-19-23(20)21(26(29)32)13-22(30(33)34)24(19)28-17-9-7-16(27)8-10-17/h3-13,28H,1-2H3. The van der Waals surface area contributed by atoms with Crippen LogP contribution in [-0.4, -0.2) is 16.7 Å². The predicted molar refractivity (Wildman–Crippen MR) is 135 cm³/mol. The Balaban J connectivity index is 1.74. The highest BCUT2D eigenvalue weighted by atomic mass is 79.9. The van der Waals surface area contributed by atoms with Crippen molar-refractivity contribution in [3.05, 3.63) is 104 Å². The van der Waals surface area contributed by atoms with Crippen molar-refractivity contribution in [3.63, 3.8) is 0 Å². The summed E-state index contributed by atoms with van der Waals surface area (Å²) in [6.45, 7) is 3.84. The Labute approximate surface area is 203 Å². The summed E-state index contributed by atoms with van der Waals surface area (Å²) in [5.74, 6) is -1.05. The molecule has 0 atom stereocenters. The number of nitrogens with one attached hydrogen (secondary N) is 1. The lowest BCUT2D eigenvalue weighted by Gasteiger charge is -2.28. The second kappa shape index (κ2) is 8.07. The molecule has 0 bridgehead atoms. The number of nitro benzene ring substituents is 1. The fraction of sp³-hybridized carbons (Fsp3) is 0.0769. The molecule has 0 spiro atoms. The summed E-state index contributed by atoms with van der Waals surface area (Å²) in [7, 11) is 0. The number of nitro groups is 1. The lowest BCUT2D eigenvalue weighted by Crippen LogP contribution is -2.40. The maximum Gasteiger partial charge on any atom is 0.294 e. The van der Waals surface area contributed by atoms with E-state index in [4.69, 9.17) is 0 Å². The van der Waals surface area contributed by atoms with E-state index in [-0.39, 0.29) is 16.9 Å². The molecule has 1 aliphatic rings. The number of hydrogen-bond donors (Lipinski definition) is 1. The van der Waals surface area contributed by atoms with Gasteiger partial charge in [-0.3, -0.25) is 19.7 Å². The zero-order valence-electron chi connectivity index (χ0n) is 18.3. The van der Waals surface area contributed by atoms with Crippen LogP contribution < -0.4 is 10.2 Å². The molecule has 0 aromatic heterocycles. The van der Waals surface area contributed by atoms with Gasteiger partial charge in [0.2, 0.25) is 0 Å². The molecule has 0 unspecified atom stereocenters. The van der Waals surface area contributed by atoms with Crippen LogP contribution in [0.4, 0.5) is 22.7 Å². The van der Waals surface area contributed by atoms with Gasteiger partial charge in [0, 0.05) is 32.6 Å². The Bertz CT molecular complexity index is 1530. The number of benzene rings is 4. The maximum atomic E-state index is 13.5. The first kappa shape index (κ1) is 21.8. The molecule has 5 rings (SSSR count). The molecule has 0 radical (unpaired) electrons. The minimum atomic E-state index is -0.588. The fourth-order valence-corrected chi connectivity index (χ4v) is 4.47. The zero-order chi connectivity index (χ0) is 24.1. The molecule has 0 fully saturated rings. The predicted octanol–water partition coefficient (Wildman–Crippen LogP) is 6.67. The monoisotopic (exact) mass is 515 g/mol. The minimum absolute atomic E-state index is 0.122. The molecule has 0 saturated carbocycles. The third-order valence-corrected chi connectivity index (χ3v) is 6.59. The van der Waals surface area contributed by atoms with Crippen LogP contribution in [0, 0.1) is 24.0 Å². The van der Waals surface area contributed by atoms with Gasteiger partial charge >= 0.3 is 0 Å². The largest absolute Gasteiger partial charge is 0.349 e. The summed E-state index contributed by atoms with van der Waals surface area (Å²) < 4.78 is 0.868. The Morgan fingerprint density at radius 1 is 0.882 bits per heavy atom. The molecule has 1 N–H and O–H groups in total. The number of aryl methyl sites for hydroxylation is 2. The topological polar surface area (TPSA) is 92.6 Å². The van der Waals surface area contributed by atoms with Crippen molar-refractivity contribution in [3.8, 4) is 0 Å². The van der Waals surface area contributed by atoms with Crippen LogP contribution in [0.5, 0.6) is 0 Å². The van der Waals surface area contributed by atoms with Gasteiger partial charge in [-0.05, 0) is 67.4 Å². The van der Waals surface area contributed by atoms with Crippen molar-refractivity contribution < 1.29 is 14.5 Å². The first-order valence-electron chi connectivity index (χ1n) is 10.5. The van der Waals surface area contributed by atoms with Crippen molar-refractivity contribution in [1.82, 2.24) is 0 Å². The SMILES string of the molecule is Cc1ccc(N2C(=O)c3cccc4c(Nc5ccc(Br)cc5)c([N+](=O)[O-])cc(c34)C2=O)cc1C. The molecule has 8 heteroatoms. The van der Waals surface area contributed by atoms with Gasteiger partial charge in [-0.1, -0.05) is 34.1 Å². The number of nitrogens with zero attached hydrogens (tertiary/aromatic N) is 2. The van der Waals surface area contributed by atoms with E-state index >= 15 is 0 Å². The zero-order valence-corrected chi connectivity index (χ0v) is 19.8. The Morgan fingerprint density at radius 3 is 2.26 bits per heavy atom. The number of halogens is 1. The highest BCUT2D eigenvalue weighted by molar-refractivity contribution is 9.10. The normalized spacial score (nSPS) is 12.9. The Hall–Kier alpha value is -4.04. The average molecular weight is 516 g/mol. The van der Waals surface area contributed by atoms with Gasteiger partial charge in [0.25, 0.3) is 17.5 Å². The molecule has 4 aromatic rings. The summed E-state index contributed by atoms with van der Waals surface area (Å²) in [5.41, 5.74) is 3.45. The number of hydrogen-bond acceptors (Lipinski definition) is 5. The van der Waals surface area contributed by atoms with Crippen LogP contribution in [0.2, 0.25) is 0 Å². The fourth-order valence-electron chi connectivity index (χ4n) is 4.20. The van der Waals surface area contributed by atoms with E-state index in [0.29, 0.717) is 27.7 Å². The van der Waals surface area contributed by atoms with E-state index in [0.717, 1.165) is 20.5 Å². The van der Waals surface area contributed by atoms with E-state index in [9.17, 15) is 19.7 Å². The van der Waals surface area contributed by atoms with Crippen LogP contribution in [0.3, 0.4) is 0 Å². The minimum Gasteiger partial charge on any atom is -0.349 e. The van der Waals surface area contributed by atoms with E-state index in [1.807, 2.05) is 32.0 Å². The smallest absolute Gasteiger partial charge is 0.294 e. The van der Waals surface area contributed by atoms with Crippen LogP contribution in [0.1, 0.15) is 31.8 Å². The summed E-state index contributed by atoms with van der Waals surface area (Å²) in [5, 5.41) is 16.0. The third-order valence-electron chi connectivity index (χ3n) is 6.07. The van der Waals surface area contributed by atoms with Gasteiger partial charge in [0.05, 0.1) is 16.2 Å². The van der Waals surface area contributed by atoms with E-state index in [1.54, 1.807) is 42.5 Å². The van der Waals surface area contributed by atoms with E-state index < -0.39 is 16.7 Å². The molecule has 7 nitrogen and oxygen atoms in total. The molecule has 34 heavy (non-hydrogen) atoms. The van der Waals surface area contributed by atoms with Crippen molar-refractivity contribution in [2.24, 2.45) is 0 Å². The quantitative estimate of drug-likeness (QED) is 0.186. The molecule has 4 aromatic carbocycles. The van der Waals surface area contributed by atoms with Gasteiger partial charge in [-0.15, -0.1) is 0 Å². The van der Waals surface area contributed by atoms with Crippen molar-refractivity contribution in [2.75, 3.05) is 10.2 Å². The average Bonchev–Trinajstić information content (AvgIpc) is 2.81. The molecule has 0 aliphatic carbocycles. The number of imide groups is 1. The molecule has 2 amide bonds. The molecule has 1 aliphatic heterocycles. The highest BCUT2D eigenvalue weighted by Crippen LogP contribution is 2.42. The number of anilines is 3. The van der Waals surface area contributed by atoms with Gasteiger partial charge in [0.15, 0.2) is 0 Å². The summed E-state index contributed by atoms with van der Waals surface area (Å²) in [6.07, 6.45) is 0.